The molecular formula is C24H30Cl2N2O2. The average Bonchev–Trinajstić information content (AvgIpc) is 2.74. The Morgan fingerprint density at radius 1 is 1.03 bits per heavy atom. The third-order valence-electron chi connectivity index (χ3n) is 5.05. The number of rotatable bonds is 11. The first-order valence-corrected chi connectivity index (χ1v) is 11.3. The third-order valence-corrected chi connectivity index (χ3v) is 5.67. The van der Waals surface area contributed by atoms with E-state index < -0.39 is 6.04 Å². The Morgan fingerprint density at radius 2 is 1.73 bits per heavy atom. The summed E-state index contributed by atoms with van der Waals surface area (Å²) in [5, 5.41) is 4.26. The van der Waals surface area contributed by atoms with Gasteiger partial charge in [-0.15, -0.1) is 0 Å². The number of aryl methyl sites for hydroxylation is 1. The number of carbonyl (C=O) groups is 2. The molecule has 2 amide bonds. The minimum atomic E-state index is -0.517. The van der Waals surface area contributed by atoms with E-state index in [-0.39, 0.29) is 18.2 Å². The van der Waals surface area contributed by atoms with Crippen LogP contribution in [0.1, 0.15) is 50.7 Å². The minimum Gasteiger partial charge on any atom is -0.354 e. The van der Waals surface area contributed by atoms with Crippen LogP contribution in [0.25, 0.3) is 0 Å². The molecular weight excluding hydrogens is 419 g/mol. The summed E-state index contributed by atoms with van der Waals surface area (Å²) in [7, 11) is 0. The standard InChI is InChI=1S/C24H30Cl2N2O2/c1-3-5-16-27-24(30)22(4-2)28(17-18-10-13-20(25)14-11-18)23(29)15-12-19-8-6-7-9-21(19)26/h6-11,13-14,22H,3-5,12,15-17H2,1-2H3,(H,27,30)/t22-/m0/s1. The molecule has 1 atom stereocenters. The van der Waals surface area contributed by atoms with Crippen LogP contribution >= 0.6 is 23.2 Å². The van der Waals surface area contributed by atoms with Crippen LogP contribution in [0, 0.1) is 0 Å². The molecule has 0 unspecified atom stereocenters. The molecule has 0 fully saturated rings. The zero-order valence-corrected chi connectivity index (χ0v) is 19.2. The van der Waals surface area contributed by atoms with Crippen molar-refractivity contribution in [2.45, 2.75) is 58.5 Å². The summed E-state index contributed by atoms with van der Waals surface area (Å²) in [6.45, 7) is 4.99. The van der Waals surface area contributed by atoms with Crippen LogP contribution in [0.3, 0.4) is 0 Å². The van der Waals surface area contributed by atoms with Crippen molar-refractivity contribution >= 4 is 35.0 Å². The number of unbranched alkanes of at least 4 members (excludes halogenated alkanes) is 1. The van der Waals surface area contributed by atoms with E-state index in [4.69, 9.17) is 23.2 Å². The summed E-state index contributed by atoms with van der Waals surface area (Å²) in [6.07, 6.45) is 3.28. The van der Waals surface area contributed by atoms with Gasteiger partial charge < -0.3 is 10.2 Å². The molecule has 2 aromatic rings. The van der Waals surface area contributed by atoms with Gasteiger partial charge >= 0.3 is 0 Å². The van der Waals surface area contributed by atoms with E-state index in [0.717, 1.165) is 24.0 Å². The number of amides is 2. The number of carbonyl (C=O) groups excluding carboxylic acids is 2. The largest absolute Gasteiger partial charge is 0.354 e. The van der Waals surface area contributed by atoms with Crippen molar-refractivity contribution in [1.82, 2.24) is 10.2 Å². The smallest absolute Gasteiger partial charge is 0.242 e. The molecule has 0 aliphatic carbocycles. The van der Waals surface area contributed by atoms with Crippen LogP contribution in [-0.4, -0.2) is 29.3 Å². The van der Waals surface area contributed by atoms with Crippen molar-refractivity contribution in [2.75, 3.05) is 6.54 Å². The fourth-order valence-electron chi connectivity index (χ4n) is 3.30. The van der Waals surface area contributed by atoms with Crippen LogP contribution in [-0.2, 0) is 22.6 Å². The molecule has 0 aromatic heterocycles. The van der Waals surface area contributed by atoms with Gasteiger partial charge in [0.1, 0.15) is 6.04 Å². The molecule has 2 rings (SSSR count). The zero-order chi connectivity index (χ0) is 21.9. The maximum atomic E-state index is 13.2. The van der Waals surface area contributed by atoms with E-state index in [9.17, 15) is 9.59 Å². The Labute approximate surface area is 189 Å². The van der Waals surface area contributed by atoms with Crippen molar-refractivity contribution in [3.05, 3.63) is 69.7 Å². The first-order chi connectivity index (χ1) is 14.5. The van der Waals surface area contributed by atoms with Gasteiger partial charge in [-0.1, -0.05) is 73.8 Å². The van der Waals surface area contributed by atoms with Gasteiger partial charge in [-0.05, 0) is 48.6 Å². The maximum Gasteiger partial charge on any atom is 0.242 e. The predicted molar refractivity (Wildman–Crippen MR) is 124 cm³/mol. The van der Waals surface area contributed by atoms with E-state index in [1.54, 1.807) is 17.0 Å². The lowest BCUT2D eigenvalue weighted by molar-refractivity contribution is -0.141. The molecule has 0 spiro atoms. The highest BCUT2D eigenvalue weighted by Gasteiger charge is 2.28. The molecule has 0 bridgehead atoms. The molecule has 30 heavy (non-hydrogen) atoms. The van der Waals surface area contributed by atoms with Gasteiger partial charge in [0.15, 0.2) is 0 Å². The molecule has 0 aliphatic rings. The maximum absolute atomic E-state index is 13.2. The number of hydrogen-bond acceptors (Lipinski definition) is 2. The normalized spacial score (nSPS) is 11.7. The quantitative estimate of drug-likeness (QED) is 0.451. The minimum absolute atomic E-state index is 0.0673. The van der Waals surface area contributed by atoms with Gasteiger partial charge in [0.2, 0.25) is 11.8 Å². The topological polar surface area (TPSA) is 49.4 Å². The molecule has 162 valence electrons. The second kappa shape index (κ2) is 12.6. The van der Waals surface area contributed by atoms with Gasteiger partial charge in [-0.25, -0.2) is 0 Å². The third kappa shape index (κ3) is 7.33. The second-order valence-electron chi connectivity index (χ2n) is 7.31. The highest BCUT2D eigenvalue weighted by molar-refractivity contribution is 6.31. The second-order valence-corrected chi connectivity index (χ2v) is 8.15. The van der Waals surface area contributed by atoms with Crippen molar-refractivity contribution < 1.29 is 9.59 Å². The molecule has 0 saturated carbocycles. The molecule has 6 heteroatoms. The first-order valence-electron chi connectivity index (χ1n) is 10.5. The molecule has 1 N–H and O–H groups in total. The first kappa shape index (κ1) is 24.2. The number of halogens is 2. The summed E-state index contributed by atoms with van der Waals surface area (Å²) in [6, 6.07) is 14.4. The highest BCUT2D eigenvalue weighted by atomic mass is 35.5. The van der Waals surface area contributed by atoms with E-state index in [1.807, 2.05) is 43.3 Å². The van der Waals surface area contributed by atoms with Crippen molar-refractivity contribution in [2.24, 2.45) is 0 Å². The monoisotopic (exact) mass is 448 g/mol. The summed E-state index contributed by atoms with van der Waals surface area (Å²) >= 11 is 12.2. The Balaban J connectivity index is 2.17. The molecule has 2 aromatic carbocycles. The van der Waals surface area contributed by atoms with Crippen LogP contribution in [0.2, 0.25) is 10.0 Å². The van der Waals surface area contributed by atoms with Gasteiger partial charge in [0.05, 0.1) is 0 Å². The summed E-state index contributed by atoms with van der Waals surface area (Å²) < 4.78 is 0. The summed E-state index contributed by atoms with van der Waals surface area (Å²) in [5.74, 6) is -0.173. The van der Waals surface area contributed by atoms with Crippen LogP contribution in [0.5, 0.6) is 0 Å². The van der Waals surface area contributed by atoms with Crippen LogP contribution in [0.15, 0.2) is 48.5 Å². The predicted octanol–water partition coefficient (Wildman–Crippen LogP) is 5.65. The van der Waals surface area contributed by atoms with E-state index in [0.29, 0.717) is 36.0 Å². The summed E-state index contributed by atoms with van der Waals surface area (Å²) in [5.41, 5.74) is 1.87. The lowest BCUT2D eigenvalue weighted by Gasteiger charge is -2.31. The number of nitrogens with one attached hydrogen (secondary N) is 1. The van der Waals surface area contributed by atoms with Gasteiger partial charge in [0, 0.05) is 29.6 Å². The van der Waals surface area contributed by atoms with E-state index in [1.165, 1.54) is 0 Å². The van der Waals surface area contributed by atoms with Gasteiger partial charge in [-0.3, -0.25) is 9.59 Å². The van der Waals surface area contributed by atoms with Gasteiger partial charge in [0.25, 0.3) is 0 Å². The van der Waals surface area contributed by atoms with E-state index >= 15 is 0 Å². The Kier molecular flexibility index (Phi) is 10.2. The lowest BCUT2D eigenvalue weighted by Crippen LogP contribution is -2.49. The van der Waals surface area contributed by atoms with Crippen LogP contribution < -0.4 is 5.32 Å². The Bertz CT molecular complexity index is 824. The van der Waals surface area contributed by atoms with E-state index in [2.05, 4.69) is 12.2 Å². The number of nitrogens with zero attached hydrogens (tertiary/aromatic N) is 1. The Hall–Kier alpha value is -2.04. The highest BCUT2D eigenvalue weighted by Crippen LogP contribution is 2.20. The fourth-order valence-corrected chi connectivity index (χ4v) is 3.65. The fraction of sp³-hybridized carbons (Fsp3) is 0.417. The van der Waals surface area contributed by atoms with Crippen molar-refractivity contribution in [3.63, 3.8) is 0 Å². The van der Waals surface area contributed by atoms with Crippen molar-refractivity contribution in [3.8, 4) is 0 Å². The molecule has 0 saturated heterocycles. The molecule has 0 aliphatic heterocycles. The van der Waals surface area contributed by atoms with Crippen LogP contribution in [0.4, 0.5) is 0 Å². The van der Waals surface area contributed by atoms with Gasteiger partial charge in [-0.2, -0.15) is 0 Å². The SMILES string of the molecule is CCCCNC(=O)[C@H](CC)N(Cc1ccc(Cl)cc1)C(=O)CCc1ccccc1Cl. The molecule has 0 heterocycles. The summed E-state index contributed by atoms with van der Waals surface area (Å²) in [4.78, 5) is 27.7. The number of hydrogen-bond donors (Lipinski definition) is 1. The number of benzene rings is 2. The lowest BCUT2D eigenvalue weighted by atomic mass is 10.1. The van der Waals surface area contributed by atoms with Crippen molar-refractivity contribution in [1.29, 1.82) is 0 Å². The average molecular weight is 449 g/mol. The molecule has 4 nitrogen and oxygen atoms in total. The zero-order valence-electron chi connectivity index (χ0n) is 17.7. The Morgan fingerprint density at radius 3 is 2.37 bits per heavy atom. The molecule has 0 radical (unpaired) electrons.